The first kappa shape index (κ1) is 10.8. The number of nitrogen functional groups attached to an aromatic ring is 1. The van der Waals surface area contributed by atoms with Gasteiger partial charge in [-0.15, -0.1) is 0 Å². The van der Waals surface area contributed by atoms with E-state index in [1.54, 1.807) is 0 Å². The lowest BCUT2D eigenvalue weighted by Crippen LogP contribution is -1.93. The third-order valence-electron chi connectivity index (χ3n) is 3.08. The van der Waals surface area contributed by atoms with Crippen LogP contribution in [0.4, 0.5) is 5.82 Å². The highest BCUT2D eigenvalue weighted by Gasteiger charge is 2.04. The van der Waals surface area contributed by atoms with E-state index in [1.807, 2.05) is 28.8 Å². The van der Waals surface area contributed by atoms with Crippen LogP contribution in [0.1, 0.15) is 16.8 Å². The average Bonchev–Trinajstić information content (AvgIpc) is 2.76. The van der Waals surface area contributed by atoms with E-state index >= 15 is 0 Å². The molecule has 3 aromatic rings. The van der Waals surface area contributed by atoms with Crippen LogP contribution in [-0.4, -0.2) is 9.38 Å². The topological polar surface area (TPSA) is 43.3 Å². The number of nitrogens with zero attached hydrogens (tertiary/aromatic N) is 2. The van der Waals surface area contributed by atoms with E-state index in [4.69, 9.17) is 5.73 Å². The lowest BCUT2D eigenvalue weighted by atomic mass is 10.1. The number of benzene rings is 1. The SMILES string of the molecule is Cc1ccc(Cc2cn3c(N)cccc3n2)cc1. The zero-order valence-corrected chi connectivity index (χ0v) is 10.3. The van der Waals surface area contributed by atoms with Gasteiger partial charge < -0.3 is 5.73 Å². The molecule has 0 amide bonds. The second-order valence-electron chi connectivity index (χ2n) is 4.57. The molecule has 0 saturated heterocycles. The maximum absolute atomic E-state index is 5.91. The molecule has 0 fully saturated rings. The molecule has 0 spiro atoms. The summed E-state index contributed by atoms with van der Waals surface area (Å²) in [6.45, 7) is 2.09. The van der Waals surface area contributed by atoms with Crippen molar-refractivity contribution < 1.29 is 0 Å². The van der Waals surface area contributed by atoms with E-state index in [-0.39, 0.29) is 0 Å². The zero-order valence-electron chi connectivity index (χ0n) is 10.3. The summed E-state index contributed by atoms with van der Waals surface area (Å²) in [6, 6.07) is 14.3. The first-order valence-electron chi connectivity index (χ1n) is 6.00. The molecule has 0 aliphatic rings. The maximum atomic E-state index is 5.91. The highest BCUT2D eigenvalue weighted by molar-refractivity contribution is 5.49. The van der Waals surface area contributed by atoms with Gasteiger partial charge in [-0.2, -0.15) is 0 Å². The summed E-state index contributed by atoms with van der Waals surface area (Å²) in [5.74, 6) is 0.718. The van der Waals surface area contributed by atoms with Gasteiger partial charge in [0, 0.05) is 12.6 Å². The van der Waals surface area contributed by atoms with Gasteiger partial charge in [0.1, 0.15) is 11.5 Å². The van der Waals surface area contributed by atoms with Crippen LogP contribution in [0, 0.1) is 6.92 Å². The van der Waals surface area contributed by atoms with Crippen LogP contribution >= 0.6 is 0 Å². The Hall–Kier alpha value is -2.29. The van der Waals surface area contributed by atoms with Crippen molar-refractivity contribution in [2.45, 2.75) is 13.3 Å². The molecule has 0 radical (unpaired) electrons. The minimum atomic E-state index is 0.718. The summed E-state index contributed by atoms with van der Waals surface area (Å²) in [7, 11) is 0. The van der Waals surface area contributed by atoms with Gasteiger partial charge in [0.05, 0.1) is 5.69 Å². The molecule has 0 aliphatic carbocycles. The number of aromatic nitrogens is 2. The highest BCUT2D eigenvalue weighted by Crippen LogP contribution is 2.14. The van der Waals surface area contributed by atoms with Crippen LogP contribution in [0.25, 0.3) is 5.65 Å². The van der Waals surface area contributed by atoms with Crippen LogP contribution in [0.2, 0.25) is 0 Å². The zero-order chi connectivity index (χ0) is 12.5. The molecule has 2 heterocycles. The Balaban J connectivity index is 1.95. The van der Waals surface area contributed by atoms with Crippen LogP contribution in [0.5, 0.6) is 0 Å². The number of rotatable bonds is 2. The van der Waals surface area contributed by atoms with Crippen molar-refractivity contribution in [2.75, 3.05) is 5.73 Å². The van der Waals surface area contributed by atoms with Crippen molar-refractivity contribution >= 4 is 11.5 Å². The number of hydrogen-bond donors (Lipinski definition) is 1. The lowest BCUT2D eigenvalue weighted by molar-refractivity contribution is 1.11. The largest absolute Gasteiger partial charge is 0.385 e. The fraction of sp³-hybridized carbons (Fsp3) is 0.133. The third-order valence-corrected chi connectivity index (χ3v) is 3.08. The van der Waals surface area contributed by atoms with Crippen molar-refractivity contribution in [3.8, 4) is 0 Å². The summed E-state index contributed by atoms with van der Waals surface area (Å²) in [4.78, 5) is 4.57. The smallest absolute Gasteiger partial charge is 0.138 e. The van der Waals surface area contributed by atoms with Crippen LogP contribution in [-0.2, 0) is 6.42 Å². The molecule has 0 atom stereocenters. The van der Waals surface area contributed by atoms with E-state index in [0.29, 0.717) is 0 Å². The van der Waals surface area contributed by atoms with Crippen molar-refractivity contribution in [3.63, 3.8) is 0 Å². The number of imidazole rings is 1. The van der Waals surface area contributed by atoms with Gasteiger partial charge in [-0.3, -0.25) is 4.40 Å². The Morgan fingerprint density at radius 2 is 1.89 bits per heavy atom. The quantitative estimate of drug-likeness (QED) is 0.744. The Bertz CT molecular complexity index is 681. The van der Waals surface area contributed by atoms with Gasteiger partial charge in [-0.1, -0.05) is 35.9 Å². The van der Waals surface area contributed by atoms with E-state index in [0.717, 1.165) is 23.6 Å². The fourth-order valence-corrected chi connectivity index (χ4v) is 2.08. The second kappa shape index (κ2) is 4.18. The fourth-order valence-electron chi connectivity index (χ4n) is 2.08. The Morgan fingerprint density at radius 3 is 2.61 bits per heavy atom. The molecule has 0 saturated carbocycles. The number of anilines is 1. The molecular formula is C15H15N3. The molecule has 2 aromatic heterocycles. The summed E-state index contributed by atoms with van der Waals surface area (Å²) >= 11 is 0. The average molecular weight is 237 g/mol. The number of hydrogen-bond acceptors (Lipinski definition) is 2. The lowest BCUT2D eigenvalue weighted by Gasteiger charge is -1.98. The number of fused-ring (bicyclic) bond motifs is 1. The second-order valence-corrected chi connectivity index (χ2v) is 4.57. The van der Waals surface area contributed by atoms with E-state index < -0.39 is 0 Å². The molecule has 0 bridgehead atoms. The van der Waals surface area contributed by atoms with Gasteiger partial charge in [-0.25, -0.2) is 4.98 Å². The van der Waals surface area contributed by atoms with Crippen molar-refractivity contribution in [1.29, 1.82) is 0 Å². The summed E-state index contributed by atoms with van der Waals surface area (Å²) in [5.41, 5.74) is 10.4. The van der Waals surface area contributed by atoms with Crippen molar-refractivity contribution in [1.82, 2.24) is 9.38 Å². The normalized spacial score (nSPS) is 10.9. The summed E-state index contributed by atoms with van der Waals surface area (Å²) in [6.07, 6.45) is 2.84. The van der Waals surface area contributed by atoms with E-state index in [2.05, 4.69) is 36.2 Å². The van der Waals surface area contributed by atoms with Crippen molar-refractivity contribution in [3.05, 3.63) is 65.5 Å². The van der Waals surface area contributed by atoms with Gasteiger partial charge in [0.15, 0.2) is 0 Å². The molecule has 2 N–H and O–H groups in total. The first-order chi connectivity index (χ1) is 8.72. The number of nitrogens with two attached hydrogens (primary N) is 1. The minimum Gasteiger partial charge on any atom is -0.385 e. The molecule has 3 nitrogen and oxygen atoms in total. The van der Waals surface area contributed by atoms with Gasteiger partial charge >= 0.3 is 0 Å². The molecular weight excluding hydrogens is 222 g/mol. The monoisotopic (exact) mass is 237 g/mol. The van der Waals surface area contributed by atoms with Gasteiger partial charge in [-0.05, 0) is 24.6 Å². The van der Waals surface area contributed by atoms with Crippen molar-refractivity contribution in [2.24, 2.45) is 0 Å². The molecule has 0 unspecified atom stereocenters. The predicted octanol–water partition coefficient (Wildman–Crippen LogP) is 2.82. The number of pyridine rings is 1. The Kier molecular flexibility index (Phi) is 2.52. The molecule has 0 aliphatic heterocycles. The van der Waals surface area contributed by atoms with Gasteiger partial charge in [0.25, 0.3) is 0 Å². The summed E-state index contributed by atoms with van der Waals surface area (Å²) < 4.78 is 1.92. The number of aryl methyl sites for hydroxylation is 1. The standard InChI is InChI=1S/C15H15N3/c1-11-5-7-12(8-6-11)9-13-10-18-14(16)3-2-4-15(18)17-13/h2-8,10H,9,16H2,1H3. The molecule has 3 heteroatoms. The highest BCUT2D eigenvalue weighted by atomic mass is 15.0. The van der Waals surface area contributed by atoms with Crippen LogP contribution in [0.15, 0.2) is 48.7 Å². The molecule has 18 heavy (non-hydrogen) atoms. The molecule has 1 aromatic carbocycles. The Labute approximate surface area is 106 Å². The third kappa shape index (κ3) is 1.95. The van der Waals surface area contributed by atoms with Gasteiger partial charge in [0.2, 0.25) is 0 Å². The van der Waals surface area contributed by atoms with Crippen LogP contribution < -0.4 is 5.73 Å². The summed E-state index contributed by atoms with van der Waals surface area (Å²) in [5, 5.41) is 0. The molecule has 90 valence electrons. The van der Waals surface area contributed by atoms with E-state index in [1.165, 1.54) is 11.1 Å². The Morgan fingerprint density at radius 1 is 1.11 bits per heavy atom. The first-order valence-corrected chi connectivity index (χ1v) is 6.00. The predicted molar refractivity (Wildman–Crippen MR) is 73.6 cm³/mol. The van der Waals surface area contributed by atoms with Crippen LogP contribution in [0.3, 0.4) is 0 Å². The maximum Gasteiger partial charge on any atom is 0.138 e. The molecule has 3 rings (SSSR count). The minimum absolute atomic E-state index is 0.718. The van der Waals surface area contributed by atoms with E-state index in [9.17, 15) is 0 Å².